The van der Waals surface area contributed by atoms with Crippen molar-refractivity contribution in [2.75, 3.05) is 13.6 Å². The quantitative estimate of drug-likeness (QED) is 0.846. The molecule has 1 aromatic carbocycles. The second-order valence-corrected chi connectivity index (χ2v) is 7.32. The first-order valence-electron chi connectivity index (χ1n) is 9.09. The molecule has 1 aliphatic heterocycles. The normalized spacial score (nSPS) is 22.8. The molecule has 25 heavy (non-hydrogen) atoms. The molecule has 0 aromatic heterocycles. The lowest BCUT2D eigenvalue weighted by molar-refractivity contribution is -0.124. The summed E-state index contributed by atoms with van der Waals surface area (Å²) in [6.07, 6.45) is 4.35. The van der Waals surface area contributed by atoms with E-state index in [-0.39, 0.29) is 24.1 Å². The molecule has 0 saturated heterocycles. The molecule has 0 spiro atoms. The van der Waals surface area contributed by atoms with Gasteiger partial charge in [0.05, 0.1) is 0 Å². The topological polar surface area (TPSA) is 49.9 Å². The molecule has 0 N–H and O–H groups in total. The predicted molar refractivity (Wildman–Crippen MR) is 93.8 cm³/mol. The van der Waals surface area contributed by atoms with Gasteiger partial charge < -0.3 is 14.5 Å². The monoisotopic (exact) mass is 340 g/mol. The van der Waals surface area contributed by atoms with E-state index in [2.05, 4.69) is 0 Å². The third-order valence-electron chi connectivity index (χ3n) is 5.43. The van der Waals surface area contributed by atoms with Crippen LogP contribution in [0.15, 0.2) is 41.5 Å². The maximum absolute atomic E-state index is 12.7. The number of nitrogens with zero attached hydrogens (tertiary/aromatic N) is 2. The summed E-state index contributed by atoms with van der Waals surface area (Å²) < 4.78 is 5.58. The molecule has 1 fully saturated rings. The van der Waals surface area contributed by atoms with Gasteiger partial charge in [0.25, 0.3) is 0 Å². The number of benzene rings is 1. The molecule has 0 bridgehead atoms. The van der Waals surface area contributed by atoms with Crippen molar-refractivity contribution in [2.45, 2.75) is 50.8 Å². The Morgan fingerprint density at radius 1 is 1.20 bits per heavy atom. The number of rotatable bonds is 4. The SMILES string of the molecule is CN1CC2=C(CC(N(C(=O)OCc3ccccc3)C3CC3)CC2)C1=O. The van der Waals surface area contributed by atoms with Crippen molar-refractivity contribution in [3.8, 4) is 0 Å². The smallest absolute Gasteiger partial charge is 0.410 e. The van der Waals surface area contributed by atoms with Crippen LogP contribution >= 0.6 is 0 Å². The van der Waals surface area contributed by atoms with Crippen molar-refractivity contribution >= 4 is 12.0 Å². The number of carbonyl (C=O) groups excluding carboxylic acids is 2. The Hall–Kier alpha value is -2.30. The highest BCUT2D eigenvalue weighted by Gasteiger charge is 2.42. The van der Waals surface area contributed by atoms with Gasteiger partial charge in [-0.05, 0) is 43.2 Å². The molecular weight excluding hydrogens is 316 g/mol. The first-order valence-corrected chi connectivity index (χ1v) is 9.09. The van der Waals surface area contributed by atoms with Crippen molar-refractivity contribution in [2.24, 2.45) is 0 Å². The molecule has 4 rings (SSSR count). The third kappa shape index (κ3) is 3.28. The summed E-state index contributed by atoms with van der Waals surface area (Å²) in [7, 11) is 1.85. The molecule has 2 amide bonds. The van der Waals surface area contributed by atoms with Crippen LogP contribution in [0.3, 0.4) is 0 Å². The molecule has 1 saturated carbocycles. The van der Waals surface area contributed by atoms with Crippen LogP contribution in [-0.4, -0.2) is 47.5 Å². The third-order valence-corrected chi connectivity index (χ3v) is 5.43. The Kier molecular flexibility index (Phi) is 4.24. The highest BCUT2D eigenvalue weighted by Crippen LogP contribution is 2.38. The lowest BCUT2D eigenvalue weighted by Gasteiger charge is -2.34. The van der Waals surface area contributed by atoms with E-state index in [1.807, 2.05) is 42.3 Å². The molecular formula is C20H24N2O3. The summed E-state index contributed by atoms with van der Waals surface area (Å²) in [5, 5.41) is 0. The zero-order chi connectivity index (χ0) is 17.4. The van der Waals surface area contributed by atoms with Crippen molar-refractivity contribution < 1.29 is 14.3 Å². The van der Waals surface area contributed by atoms with Gasteiger partial charge >= 0.3 is 6.09 Å². The van der Waals surface area contributed by atoms with Crippen LogP contribution in [0.2, 0.25) is 0 Å². The fourth-order valence-corrected chi connectivity index (χ4v) is 3.96. The number of hydrogen-bond acceptors (Lipinski definition) is 3. The highest BCUT2D eigenvalue weighted by atomic mass is 16.6. The van der Waals surface area contributed by atoms with Crippen LogP contribution in [0.4, 0.5) is 4.79 Å². The minimum absolute atomic E-state index is 0.0879. The maximum atomic E-state index is 12.7. The maximum Gasteiger partial charge on any atom is 0.410 e. The summed E-state index contributed by atoms with van der Waals surface area (Å²) >= 11 is 0. The van der Waals surface area contributed by atoms with E-state index in [0.29, 0.717) is 13.0 Å². The van der Waals surface area contributed by atoms with E-state index < -0.39 is 0 Å². The summed E-state index contributed by atoms with van der Waals surface area (Å²) in [6.45, 7) is 1.05. The van der Waals surface area contributed by atoms with E-state index in [0.717, 1.165) is 43.4 Å². The summed E-state index contributed by atoms with van der Waals surface area (Å²) in [5.41, 5.74) is 3.19. The van der Waals surface area contributed by atoms with E-state index in [9.17, 15) is 9.59 Å². The van der Waals surface area contributed by atoms with Crippen molar-refractivity contribution in [3.63, 3.8) is 0 Å². The van der Waals surface area contributed by atoms with E-state index in [4.69, 9.17) is 4.74 Å². The van der Waals surface area contributed by atoms with Gasteiger partial charge in [-0.15, -0.1) is 0 Å². The van der Waals surface area contributed by atoms with Gasteiger partial charge in [0, 0.05) is 31.2 Å². The Morgan fingerprint density at radius 3 is 2.68 bits per heavy atom. The Balaban J connectivity index is 1.43. The van der Waals surface area contributed by atoms with Crippen molar-refractivity contribution in [1.29, 1.82) is 0 Å². The molecule has 1 heterocycles. The fourth-order valence-electron chi connectivity index (χ4n) is 3.96. The second-order valence-electron chi connectivity index (χ2n) is 7.32. The summed E-state index contributed by atoms with van der Waals surface area (Å²) in [4.78, 5) is 28.7. The van der Waals surface area contributed by atoms with Gasteiger partial charge in [-0.1, -0.05) is 30.3 Å². The van der Waals surface area contributed by atoms with Gasteiger partial charge in [-0.25, -0.2) is 4.79 Å². The van der Waals surface area contributed by atoms with Gasteiger partial charge in [-0.2, -0.15) is 0 Å². The molecule has 5 nitrogen and oxygen atoms in total. The van der Waals surface area contributed by atoms with Crippen molar-refractivity contribution in [3.05, 3.63) is 47.0 Å². The van der Waals surface area contributed by atoms with Crippen LogP contribution in [-0.2, 0) is 16.1 Å². The average molecular weight is 340 g/mol. The van der Waals surface area contributed by atoms with E-state index in [1.54, 1.807) is 4.90 Å². The molecule has 1 atom stereocenters. The van der Waals surface area contributed by atoms with Gasteiger partial charge in [-0.3, -0.25) is 4.79 Å². The standard InChI is InChI=1S/C20H24N2O3/c1-21-12-15-7-8-17(11-18(15)19(21)23)22(16-9-10-16)20(24)25-13-14-5-3-2-4-6-14/h2-6,16-17H,7-13H2,1H3. The fraction of sp³-hybridized carbons (Fsp3) is 0.500. The van der Waals surface area contributed by atoms with Crippen LogP contribution in [0, 0.1) is 0 Å². The molecule has 3 aliphatic rings. The number of amides is 2. The molecule has 2 aliphatic carbocycles. The minimum atomic E-state index is -0.237. The zero-order valence-electron chi connectivity index (χ0n) is 14.6. The number of carbonyl (C=O) groups is 2. The Morgan fingerprint density at radius 2 is 1.96 bits per heavy atom. The van der Waals surface area contributed by atoms with E-state index in [1.165, 1.54) is 5.57 Å². The number of ether oxygens (including phenoxy) is 1. The first kappa shape index (κ1) is 16.2. The van der Waals surface area contributed by atoms with Gasteiger partial charge in [0.15, 0.2) is 0 Å². The lowest BCUT2D eigenvalue weighted by Crippen LogP contribution is -2.44. The molecule has 0 radical (unpaired) electrons. The van der Waals surface area contributed by atoms with Crippen molar-refractivity contribution in [1.82, 2.24) is 9.80 Å². The van der Waals surface area contributed by atoms with Crippen LogP contribution in [0.25, 0.3) is 0 Å². The number of likely N-dealkylation sites (N-methyl/N-ethyl adjacent to an activating group) is 1. The predicted octanol–water partition coefficient (Wildman–Crippen LogP) is 3.11. The number of hydrogen-bond donors (Lipinski definition) is 0. The van der Waals surface area contributed by atoms with Gasteiger partial charge in [0.1, 0.15) is 6.61 Å². The lowest BCUT2D eigenvalue weighted by atomic mass is 9.89. The van der Waals surface area contributed by atoms with Crippen LogP contribution in [0.5, 0.6) is 0 Å². The molecule has 1 unspecified atom stereocenters. The van der Waals surface area contributed by atoms with E-state index >= 15 is 0 Å². The van der Waals surface area contributed by atoms with Crippen LogP contribution < -0.4 is 0 Å². The molecule has 5 heteroatoms. The summed E-state index contributed by atoms with van der Waals surface area (Å²) in [6, 6.07) is 10.1. The summed E-state index contributed by atoms with van der Waals surface area (Å²) in [5.74, 6) is 0.132. The first-order chi connectivity index (χ1) is 12.1. The van der Waals surface area contributed by atoms with Crippen LogP contribution in [0.1, 0.15) is 37.7 Å². The minimum Gasteiger partial charge on any atom is -0.445 e. The molecule has 132 valence electrons. The Labute approximate surface area is 148 Å². The highest BCUT2D eigenvalue weighted by molar-refractivity contribution is 5.97. The molecule has 1 aromatic rings. The Bertz CT molecular complexity index is 709. The largest absolute Gasteiger partial charge is 0.445 e. The second kappa shape index (κ2) is 6.54. The van der Waals surface area contributed by atoms with Gasteiger partial charge in [0.2, 0.25) is 5.91 Å². The average Bonchev–Trinajstić information content (AvgIpc) is 3.42. The zero-order valence-corrected chi connectivity index (χ0v) is 14.6.